The Kier molecular flexibility index (Phi) is 3.27. The summed E-state index contributed by atoms with van der Waals surface area (Å²) in [6, 6.07) is 6.99. The predicted octanol–water partition coefficient (Wildman–Crippen LogP) is 2.36. The quantitative estimate of drug-likeness (QED) is 0.622. The maximum atomic E-state index is 12.6. The molecule has 0 unspecified atom stereocenters. The Morgan fingerprint density at radius 2 is 2.17 bits per heavy atom. The first kappa shape index (κ1) is 14.1. The van der Waals surface area contributed by atoms with E-state index in [2.05, 4.69) is 25.5 Å². The van der Waals surface area contributed by atoms with E-state index >= 15 is 0 Å². The summed E-state index contributed by atoms with van der Waals surface area (Å²) in [5.41, 5.74) is 2.05. The molecule has 0 spiro atoms. The molecular weight excluding hydrogens is 308 g/mol. The van der Waals surface area contributed by atoms with Gasteiger partial charge < -0.3 is 9.84 Å². The van der Waals surface area contributed by atoms with E-state index in [1.54, 1.807) is 54.5 Å². The van der Waals surface area contributed by atoms with Gasteiger partial charge in [0.15, 0.2) is 5.82 Å². The van der Waals surface area contributed by atoms with Crippen LogP contribution in [0.15, 0.2) is 53.6 Å². The van der Waals surface area contributed by atoms with Crippen LogP contribution >= 0.6 is 0 Å². The van der Waals surface area contributed by atoms with Crippen LogP contribution in [0, 0.1) is 6.92 Å². The average Bonchev–Trinajstić information content (AvgIpc) is 3.25. The van der Waals surface area contributed by atoms with E-state index in [9.17, 15) is 4.79 Å². The number of hydrogen-bond acceptors (Lipinski definition) is 6. The largest absolute Gasteiger partial charge is 0.336 e. The van der Waals surface area contributed by atoms with Crippen LogP contribution in [-0.4, -0.2) is 30.8 Å². The number of pyridine rings is 2. The normalized spacial score (nSPS) is 10.9. The third-order valence-corrected chi connectivity index (χ3v) is 3.53. The fourth-order valence-electron chi connectivity index (χ4n) is 2.33. The van der Waals surface area contributed by atoms with Gasteiger partial charge in [0.1, 0.15) is 0 Å². The Balaban J connectivity index is 1.67. The Bertz CT molecular complexity index is 1020. The fraction of sp³-hybridized carbons (Fsp3) is 0.0625. The van der Waals surface area contributed by atoms with Crippen LogP contribution in [0.2, 0.25) is 0 Å². The molecule has 0 saturated heterocycles. The second-order valence-electron chi connectivity index (χ2n) is 5.12. The third kappa shape index (κ3) is 2.39. The first-order valence-electron chi connectivity index (χ1n) is 7.21. The minimum atomic E-state index is -0.300. The molecule has 4 aromatic rings. The molecule has 1 amide bonds. The molecule has 0 fully saturated rings. The summed E-state index contributed by atoms with van der Waals surface area (Å²) in [5.74, 6) is 0.234. The van der Waals surface area contributed by atoms with Gasteiger partial charge in [-0.1, -0.05) is 5.16 Å². The van der Waals surface area contributed by atoms with E-state index < -0.39 is 0 Å². The molecule has 0 aromatic carbocycles. The van der Waals surface area contributed by atoms with Crippen molar-refractivity contribution >= 4 is 22.7 Å². The van der Waals surface area contributed by atoms with Crippen LogP contribution < -0.4 is 5.32 Å². The van der Waals surface area contributed by atoms with E-state index in [1.807, 2.05) is 0 Å². The van der Waals surface area contributed by atoms with Crippen molar-refractivity contribution in [1.29, 1.82) is 0 Å². The summed E-state index contributed by atoms with van der Waals surface area (Å²) < 4.78 is 6.64. The Morgan fingerprint density at radius 1 is 1.25 bits per heavy atom. The number of carbonyl (C=O) groups excluding carboxylic acids is 1. The van der Waals surface area contributed by atoms with E-state index in [1.165, 1.54) is 6.20 Å². The van der Waals surface area contributed by atoms with E-state index in [0.29, 0.717) is 33.9 Å². The minimum Gasteiger partial charge on any atom is -0.336 e. The Morgan fingerprint density at radius 3 is 3.00 bits per heavy atom. The fourth-order valence-corrected chi connectivity index (χ4v) is 2.33. The molecular formula is C16H12N6O2. The number of carbonyl (C=O) groups is 1. The van der Waals surface area contributed by atoms with Gasteiger partial charge in [-0.05, 0) is 31.2 Å². The number of anilines is 1. The lowest BCUT2D eigenvalue weighted by Crippen LogP contribution is -2.15. The lowest BCUT2D eigenvalue weighted by molar-refractivity contribution is 0.102. The predicted molar refractivity (Wildman–Crippen MR) is 85.9 cm³/mol. The van der Waals surface area contributed by atoms with Gasteiger partial charge in [-0.2, -0.15) is 5.10 Å². The van der Waals surface area contributed by atoms with Crippen molar-refractivity contribution in [2.45, 2.75) is 6.92 Å². The highest BCUT2D eigenvalue weighted by Crippen LogP contribution is 2.20. The number of nitrogens with zero attached hydrogens (tertiary/aromatic N) is 5. The molecule has 8 nitrogen and oxygen atoms in total. The zero-order valence-corrected chi connectivity index (χ0v) is 12.7. The average molecular weight is 320 g/mol. The lowest BCUT2D eigenvalue weighted by Gasteiger charge is -2.09. The van der Waals surface area contributed by atoms with Crippen LogP contribution in [0.3, 0.4) is 0 Å². The molecule has 0 radical (unpaired) electrons. The van der Waals surface area contributed by atoms with Crippen molar-refractivity contribution in [3.8, 4) is 5.82 Å². The molecule has 0 aliphatic carbocycles. The van der Waals surface area contributed by atoms with Crippen molar-refractivity contribution in [2.24, 2.45) is 0 Å². The maximum Gasteiger partial charge on any atom is 0.257 e. The topological polar surface area (TPSA) is 98.7 Å². The van der Waals surface area contributed by atoms with Crippen molar-refractivity contribution in [2.75, 3.05) is 5.32 Å². The summed E-state index contributed by atoms with van der Waals surface area (Å²) in [5, 5.41) is 11.5. The highest BCUT2D eigenvalue weighted by molar-refractivity contribution is 6.06. The molecule has 8 heteroatoms. The molecule has 1 N–H and O–H groups in total. The van der Waals surface area contributed by atoms with Crippen molar-refractivity contribution in [1.82, 2.24) is 24.9 Å². The highest BCUT2D eigenvalue weighted by atomic mass is 16.5. The van der Waals surface area contributed by atoms with Crippen molar-refractivity contribution in [3.63, 3.8) is 0 Å². The summed E-state index contributed by atoms with van der Waals surface area (Å²) in [6.07, 6.45) is 6.49. The summed E-state index contributed by atoms with van der Waals surface area (Å²) in [7, 11) is 0. The summed E-state index contributed by atoms with van der Waals surface area (Å²) in [6.45, 7) is 1.80. The van der Waals surface area contributed by atoms with Crippen molar-refractivity contribution < 1.29 is 9.32 Å². The van der Waals surface area contributed by atoms with Gasteiger partial charge in [0.2, 0.25) is 0 Å². The second-order valence-corrected chi connectivity index (χ2v) is 5.12. The molecule has 4 aromatic heterocycles. The number of aryl methyl sites for hydroxylation is 1. The van der Waals surface area contributed by atoms with Crippen LogP contribution in [0.1, 0.15) is 16.1 Å². The molecule has 0 aliphatic rings. The second kappa shape index (κ2) is 5.58. The number of rotatable bonds is 3. The van der Waals surface area contributed by atoms with Gasteiger partial charge in [-0.3, -0.25) is 4.79 Å². The first-order chi connectivity index (χ1) is 11.7. The summed E-state index contributed by atoms with van der Waals surface area (Å²) in [4.78, 5) is 20.9. The zero-order valence-electron chi connectivity index (χ0n) is 12.7. The lowest BCUT2D eigenvalue weighted by atomic mass is 10.2. The highest BCUT2D eigenvalue weighted by Gasteiger charge is 2.14. The number of nitrogens with one attached hydrogen (secondary N) is 1. The maximum absolute atomic E-state index is 12.6. The van der Waals surface area contributed by atoms with Gasteiger partial charge in [0.25, 0.3) is 11.6 Å². The minimum absolute atomic E-state index is 0.300. The molecule has 0 atom stereocenters. The molecule has 0 aliphatic heterocycles. The van der Waals surface area contributed by atoms with Crippen LogP contribution in [0.4, 0.5) is 5.69 Å². The molecule has 118 valence electrons. The van der Waals surface area contributed by atoms with Crippen LogP contribution in [0.25, 0.3) is 16.9 Å². The van der Waals surface area contributed by atoms with Gasteiger partial charge >= 0.3 is 0 Å². The smallest absolute Gasteiger partial charge is 0.257 e. The van der Waals surface area contributed by atoms with Crippen LogP contribution in [-0.2, 0) is 0 Å². The van der Waals surface area contributed by atoms with Gasteiger partial charge in [0.05, 0.1) is 22.3 Å². The molecule has 4 heterocycles. The molecule has 0 saturated carbocycles. The van der Waals surface area contributed by atoms with Crippen LogP contribution in [0.5, 0.6) is 0 Å². The molecule has 4 rings (SSSR count). The van der Waals surface area contributed by atoms with E-state index in [-0.39, 0.29) is 5.91 Å². The van der Waals surface area contributed by atoms with Crippen molar-refractivity contribution in [3.05, 3.63) is 60.3 Å². The van der Waals surface area contributed by atoms with Gasteiger partial charge in [-0.25, -0.2) is 14.6 Å². The standard InChI is InChI=1S/C16H12N6O2/c1-10-12-8-11(9-18-16(12)24-21-10)15(23)20-13-4-2-5-17-14(13)22-7-3-6-19-22/h2-9H,1H3,(H,20,23). The number of amides is 1. The monoisotopic (exact) mass is 320 g/mol. The zero-order chi connectivity index (χ0) is 16.5. The number of aromatic nitrogens is 5. The SMILES string of the molecule is Cc1noc2ncc(C(=O)Nc3cccnc3-n3cccn3)cc12. The molecule has 0 bridgehead atoms. The Labute approximate surface area is 136 Å². The number of hydrogen-bond donors (Lipinski definition) is 1. The third-order valence-electron chi connectivity index (χ3n) is 3.53. The molecule has 24 heavy (non-hydrogen) atoms. The first-order valence-corrected chi connectivity index (χ1v) is 7.21. The van der Waals surface area contributed by atoms with Gasteiger partial charge in [0, 0.05) is 24.8 Å². The van der Waals surface area contributed by atoms with E-state index in [0.717, 1.165) is 0 Å². The summed E-state index contributed by atoms with van der Waals surface area (Å²) >= 11 is 0. The Hall–Kier alpha value is -3.55. The van der Waals surface area contributed by atoms with Gasteiger partial charge in [-0.15, -0.1) is 0 Å². The number of fused-ring (bicyclic) bond motifs is 1. The van der Waals surface area contributed by atoms with E-state index in [4.69, 9.17) is 4.52 Å².